The summed E-state index contributed by atoms with van der Waals surface area (Å²) < 4.78 is 12.5. The highest BCUT2D eigenvalue weighted by atomic mass is 35.5. The Labute approximate surface area is 61.6 Å². The molecule has 0 radical (unpaired) electrons. The summed E-state index contributed by atoms with van der Waals surface area (Å²) in [5.74, 6) is -0.644. The second-order valence-corrected chi connectivity index (χ2v) is 1.97. The Morgan fingerprint density at radius 1 is 1.70 bits per heavy atom. The molecule has 0 aliphatic heterocycles. The number of halogens is 2. The van der Waals surface area contributed by atoms with Crippen LogP contribution in [-0.4, -0.2) is 11.3 Å². The molecule has 0 N–H and O–H groups in total. The maximum Gasteiger partial charge on any atom is 0.156 e. The molecule has 1 aromatic rings. The summed E-state index contributed by atoms with van der Waals surface area (Å²) in [4.78, 5) is 13.6. The van der Waals surface area contributed by atoms with Gasteiger partial charge in [-0.1, -0.05) is 11.6 Å². The topological polar surface area (TPSA) is 30.0 Å². The quantitative estimate of drug-likeness (QED) is 0.461. The molecule has 1 heterocycles. The average molecular weight is 160 g/mol. The number of carbonyl (C=O) groups is 1. The highest BCUT2D eigenvalue weighted by Gasteiger charge is 2.04. The number of hydrogen-bond donors (Lipinski definition) is 0. The molecule has 10 heavy (non-hydrogen) atoms. The van der Waals surface area contributed by atoms with Gasteiger partial charge in [-0.15, -0.1) is 0 Å². The van der Waals surface area contributed by atoms with E-state index < -0.39 is 5.82 Å². The summed E-state index contributed by atoms with van der Waals surface area (Å²) in [5, 5.41) is -0.102. The van der Waals surface area contributed by atoms with E-state index in [4.69, 9.17) is 11.6 Å². The van der Waals surface area contributed by atoms with Crippen molar-refractivity contribution in [3.05, 3.63) is 28.8 Å². The lowest BCUT2D eigenvalue weighted by atomic mass is 10.3. The van der Waals surface area contributed by atoms with Gasteiger partial charge in [0, 0.05) is 6.20 Å². The molecule has 1 aromatic heterocycles. The minimum Gasteiger partial charge on any atom is -0.298 e. The third kappa shape index (κ3) is 1.14. The van der Waals surface area contributed by atoms with Crippen molar-refractivity contribution in [2.24, 2.45) is 0 Å². The first-order valence-electron chi connectivity index (χ1n) is 2.51. The molecule has 0 saturated carbocycles. The van der Waals surface area contributed by atoms with E-state index in [0.717, 1.165) is 6.07 Å². The van der Waals surface area contributed by atoms with E-state index in [0.29, 0.717) is 6.29 Å². The Bertz CT molecular complexity index is 244. The Balaban J connectivity index is 3.30. The van der Waals surface area contributed by atoms with Gasteiger partial charge < -0.3 is 0 Å². The molecule has 0 fully saturated rings. The Morgan fingerprint density at radius 2 is 2.40 bits per heavy atom. The molecular formula is C6H3ClFNO. The number of pyridine rings is 1. The fraction of sp³-hybridized carbons (Fsp3) is 0. The van der Waals surface area contributed by atoms with Crippen LogP contribution in [-0.2, 0) is 0 Å². The van der Waals surface area contributed by atoms with E-state index in [1.807, 2.05) is 0 Å². The van der Waals surface area contributed by atoms with Crippen LogP contribution >= 0.6 is 11.6 Å². The number of aromatic nitrogens is 1. The molecule has 0 spiro atoms. The van der Waals surface area contributed by atoms with Crippen molar-refractivity contribution in [1.82, 2.24) is 4.98 Å². The van der Waals surface area contributed by atoms with E-state index in [2.05, 4.69) is 4.98 Å². The minimum absolute atomic E-state index is 0.102. The summed E-state index contributed by atoms with van der Waals surface area (Å²) >= 11 is 5.35. The summed E-state index contributed by atoms with van der Waals surface area (Å²) in [6.07, 6.45) is 1.54. The van der Waals surface area contributed by atoms with Crippen LogP contribution in [0.25, 0.3) is 0 Å². The van der Waals surface area contributed by atoms with Crippen molar-refractivity contribution in [3.8, 4) is 0 Å². The van der Waals surface area contributed by atoms with Gasteiger partial charge in [0.05, 0.1) is 5.56 Å². The maximum absolute atomic E-state index is 12.5. The second kappa shape index (κ2) is 2.75. The summed E-state index contributed by atoms with van der Waals surface area (Å²) in [5.41, 5.74) is -0.191. The van der Waals surface area contributed by atoms with Gasteiger partial charge in [0.1, 0.15) is 11.0 Å². The highest BCUT2D eigenvalue weighted by molar-refractivity contribution is 6.31. The van der Waals surface area contributed by atoms with Crippen LogP contribution in [0.2, 0.25) is 5.15 Å². The second-order valence-electron chi connectivity index (χ2n) is 1.62. The normalized spacial score (nSPS) is 9.40. The van der Waals surface area contributed by atoms with Crippen LogP contribution in [0.15, 0.2) is 12.3 Å². The number of carbonyl (C=O) groups excluding carboxylic acids is 1. The largest absolute Gasteiger partial charge is 0.298 e. The van der Waals surface area contributed by atoms with Gasteiger partial charge in [0.15, 0.2) is 6.29 Å². The standard InChI is InChI=1S/C6H3ClFNO/c7-6-4(3-10)5(8)1-2-9-6/h1-3H. The van der Waals surface area contributed by atoms with Gasteiger partial charge in [-0.25, -0.2) is 9.37 Å². The smallest absolute Gasteiger partial charge is 0.156 e. The lowest BCUT2D eigenvalue weighted by Crippen LogP contribution is -1.90. The Hall–Kier alpha value is -0.960. The van der Waals surface area contributed by atoms with E-state index in [-0.39, 0.29) is 10.7 Å². The van der Waals surface area contributed by atoms with Crippen molar-refractivity contribution in [2.45, 2.75) is 0 Å². The fourth-order valence-electron chi connectivity index (χ4n) is 0.531. The lowest BCUT2D eigenvalue weighted by Gasteiger charge is -1.93. The fourth-order valence-corrected chi connectivity index (χ4v) is 0.722. The van der Waals surface area contributed by atoms with Crippen LogP contribution in [0, 0.1) is 5.82 Å². The molecule has 0 atom stereocenters. The third-order valence-electron chi connectivity index (χ3n) is 1.01. The first-order valence-corrected chi connectivity index (χ1v) is 2.88. The van der Waals surface area contributed by atoms with Crippen LogP contribution in [0.3, 0.4) is 0 Å². The Kier molecular flexibility index (Phi) is 1.97. The first-order chi connectivity index (χ1) is 4.75. The number of hydrogen-bond acceptors (Lipinski definition) is 2. The molecule has 0 aliphatic carbocycles. The van der Waals surface area contributed by atoms with Crippen molar-refractivity contribution in [2.75, 3.05) is 0 Å². The van der Waals surface area contributed by atoms with Crippen molar-refractivity contribution in [1.29, 1.82) is 0 Å². The molecule has 0 aromatic carbocycles. The van der Waals surface area contributed by atoms with Gasteiger partial charge in [0.25, 0.3) is 0 Å². The molecule has 52 valence electrons. The zero-order valence-electron chi connectivity index (χ0n) is 4.84. The minimum atomic E-state index is -0.644. The molecule has 0 bridgehead atoms. The molecule has 0 amide bonds. The van der Waals surface area contributed by atoms with E-state index in [1.165, 1.54) is 6.20 Å². The van der Waals surface area contributed by atoms with Crippen molar-refractivity contribution < 1.29 is 9.18 Å². The van der Waals surface area contributed by atoms with Gasteiger partial charge in [-0.05, 0) is 6.07 Å². The molecular weight excluding hydrogens is 157 g/mol. The zero-order chi connectivity index (χ0) is 7.56. The third-order valence-corrected chi connectivity index (χ3v) is 1.31. The molecule has 4 heteroatoms. The monoisotopic (exact) mass is 159 g/mol. The van der Waals surface area contributed by atoms with Crippen molar-refractivity contribution in [3.63, 3.8) is 0 Å². The summed E-state index contributed by atoms with van der Waals surface area (Å²) in [6, 6.07) is 1.08. The SMILES string of the molecule is O=Cc1c(F)ccnc1Cl. The highest BCUT2D eigenvalue weighted by Crippen LogP contribution is 2.12. The van der Waals surface area contributed by atoms with Crippen LogP contribution in [0.4, 0.5) is 4.39 Å². The van der Waals surface area contributed by atoms with E-state index >= 15 is 0 Å². The molecule has 1 rings (SSSR count). The van der Waals surface area contributed by atoms with Gasteiger partial charge in [-0.2, -0.15) is 0 Å². The summed E-state index contributed by atoms with van der Waals surface area (Å²) in [6.45, 7) is 0. The van der Waals surface area contributed by atoms with Crippen LogP contribution in [0.1, 0.15) is 10.4 Å². The van der Waals surface area contributed by atoms with E-state index in [1.54, 1.807) is 0 Å². The van der Waals surface area contributed by atoms with Crippen LogP contribution < -0.4 is 0 Å². The van der Waals surface area contributed by atoms with E-state index in [9.17, 15) is 9.18 Å². The maximum atomic E-state index is 12.5. The predicted molar refractivity (Wildman–Crippen MR) is 34.6 cm³/mol. The molecule has 0 aliphatic rings. The predicted octanol–water partition coefficient (Wildman–Crippen LogP) is 1.69. The van der Waals surface area contributed by atoms with Crippen LogP contribution in [0.5, 0.6) is 0 Å². The van der Waals surface area contributed by atoms with Gasteiger partial charge in [-0.3, -0.25) is 4.79 Å². The average Bonchev–Trinajstić information content (AvgIpc) is 1.88. The lowest BCUT2D eigenvalue weighted by molar-refractivity contribution is 0.111. The summed E-state index contributed by atoms with van der Waals surface area (Å²) in [7, 11) is 0. The van der Waals surface area contributed by atoms with Gasteiger partial charge in [0.2, 0.25) is 0 Å². The number of rotatable bonds is 1. The molecule has 0 unspecified atom stereocenters. The first kappa shape index (κ1) is 7.15. The van der Waals surface area contributed by atoms with Crippen molar-refractivity contribution >= 4 is 17.9 Å². The number of nitrogens with zero attached hydrogens (tertiary/aromatic N) is 1. The molecule has 2 nitrogen and oxygen atoms in total. The van der Waals surface area contributed by atoms with Gasteiger partial charge >= 0.3 is 0 Å². The number of aldehydes is 1. The molecule has 0 saturated heterocycles. The zero-order valence-corrected chi connectivity index (χ0v) is 5.60. The Morgan fingerprint density at radius 3 is 2.80 bits per heavy atom.